The number of nitro groups is 1. The van der Waals surface area contributed by atoms with Gasteiger partial charge in [-0.25, -0.2) is 0 Å². The van der Waals surface area contributed by atoms with Gasteiger partial charge in [0.2, 0.25) is 11.8 Å². The molecule has 1 N–H and O–H groups in total. The van der Waals surface area contributed by atoms with Crippen LogP contribution in [-0.2, 0) is 23.9 Å². The number of hydrogen-bond donors (Lipinski definition) is 1. The second-order valence-electron chi connectivity index (χ2n) is 7.45. The zero-order valence-corrected chi connectivity index (χ0v) is 19.5. The Morgan fingerprint density at radius 3 is 2.32 bits per heavy atom. The van der Waals surface area contributed by atoms with Crippen LogP contribution in [0.15, 0.2) is 18.2 Å². The van der Waals surface area contributed by atoms with Crippen molar-refractivity contribution in [3.8, 4) is 0 Å². The van der Waals surface area contributed by atoms with E-state index < -0.39 is 53.6 Å². The second kappa shape index (κ2) is 9.43. The minimum absolute atomic E-state index is 0.0543. The Kier molecular flexibility index (Phi) is 7.10. The standard InChI is InChI=1S/C19H19Br2N3O7/c1-9-2-3-10(4-15(9)24(29)30)22-16(25)8-31-17(26)7-23-18(27)11-5-13(20)14(21)6-12(11)19(23)28/h2-4,11-14H,5-8H2,1H3,(H,22,25)/t11-,12+,13-,14-/m0/s1. The van der Waals surface area contributed by atoms with Crippen LogP contribution in [0.1, 0.15) is 18.4 Å². The number of nitrogens with zero attached hydrogens (tertiary/aromatic N) is 2. The van der Waals surface area contributed by atoms with Gasteiger partial charge in [0.1, 0.15) is 6.54 Å². The SMILES string of the molecule is Cc1ccc(NC(=O)COC(=O)CN2C(=O)[C@H]3C[C@H](Br)[C@@H](Br)C[C@H]3C2=O)cc1[N+](=O)[O-]. The number of alkyl halides is 2. The van der Waals surface area contributed by atoms with Gasteiger partial charge in [0, 0.05) is 27.0 Å². The largest absolute Gasteiger partial charge is 0.454 e. The molecule has 2 aliphatic rings. The molecule has 1 aromatic rings. The fourth-order valence-electron chi connectivity index (χ4n) is 3.72. The van der Waals surface area contributed by atoms with E-state index in [1.54, 1.807) is 6.92 Å². The third kappa shape index (κ3) is 5.12. The van der Waals surface area contributed by atoms with Crippen molar-refractivity contribution in [1.29, 1.82) is 0 Å². The highest BCUT2D eigenvalue weighted by Gasteiger charge is 2.52. The van der Waals surface area contributed by atoms with Crippen LogP contribution in [0.5, 0.6) is 0 Å². The lowest BCUT2D eigenvalue weighted by Crippen LogP contribution is -2.37. The maximum absolute atomic E-state index is 12.6. The summed E-state index contributed by atoms with van der Waals surface area (Å²) in [5.41, 5.74) is 0.465. The molecule has 1 aliphatic carbocycles. The van der Waals surface area contributed by atoms with Gasteiger partial charge in [0.05, 0.1) is 16.8 Å². The zero-order chi connectivity index (χ0) is 22.9. The molecule has 12 heteroatoms. The predicted molar refractivity (Wildman–Crippen MR) is 116 cm³/mol. The predicted octanol–water partition coefficient (Wildman–Crippen LogP) is 2.31. The molecule has 1 aromatic carbocycles. The molecule has 0 radical (unpaired) electrons. The molecule has 166 valence electrons. The molecule has 3 rings (SSSR count). The van der Waals surface area contributed by atoms with Crippen LogP contribution in [0.4, 0.5) is 11.4 Å². The Morgan fingerprint density at radius 2 is 1.77 bits per heavy atom. The van der Waals surface area contributed by atoms with Crippen LogP contribution in [0, 0.1) is 28.9 Å². The molecule has 10 nitrogen and oxygen atoms in total. The van der Waals surface area contributed by atoms with Gasteiger partial charge < -0.3 is 10.1 Å². The van der Waals surface area contributed by atoms with E-state index in [1.807, 2.05) is 0 Å². The molecule has 3 amide bonds. The van der Waals surface area contributed by atoms with Gasteiger partial charge in [-0.15, -0.1) is 0 Å². The monoisotopic (exact) mass is 559 g/mol. The van der Waals surface area contributed by atoms with Crippen LogP contribution in [0.3, 0.4) is 0 Å². The maximum atomic E-state index is 12.6. The number of nitro benzene ring substituents is 1. The Morgan fingerprint density at radius 1 is 1.19 bits per heavy atom. The fourth-order valence-corrected chi connectivity index (χ4v) is 4.96. The van der Waals surface area contributed by atoms with E-state index in [4.69, 9.17) is 4.74 Å². The van der Waals surface area contributed by atoms with Crippen LogP contribution in [0.2, 0.25) is 0 Å². The van der Waals surface area contributed by atoms with E-state index in [2.05, 4.69) is 37.2 Å². The molecule has 31 heavy (non-hydrogen) atoms. The summed E-state index contributed by atoms with van der Waals surface area (Å²) in [7, 11) is 0. The van der Waals surface area contributed by atoms with Gasteiger partial charge >= 0.3 is 5.97 Å². The number of likely N-dealkylation sites (tertiary alicyclic amines) is 1. The van der Waals surface area contributed by atoms with Crippen molar-refractivity contribution >= 4 is 66.9 Å². The summed E-state index contributed by atoms with van der Waals surface area (Å²) >= 11 is 6.98. The summed E-state index contributed by atoms with van der Waals surface area (Å²) in [6, 6.07) is 4.17. The average Bonchev–Trinajstić information content (AvgIpc) is 2.92. The maximum Gasteiger partial charge on any atom is 0.326 e. The fraction of sp³-hybridized carbons (Fsp3) is 0.474. The lowest BCUT2D eigenvalue weighted by Gasteiger charge is -2.29. The first-order valence-corrected chi connectivity index (χ1v) is 11.3. The van der Waals surface area contributed by atoms with Gasteiger partial charge in [0.25, 0.3) is 11.6 Å². The van der Waals surface area contributed by atoms with Gasteiger partial charge in [-0.05, 0) is 25.8 Å². The first-order chi connectivity index (χ1) is 14.6. The summed E-state index contributed by atoms with van der Waals surface area (Å²) in [5, 5.41) is 13.4. The van der Waals surface area contributed by atoms with Crippen molar-refractivity contribution < 1.29 is 28.8 Å². The van der Waals surface area contributed by atoms with E-state index in [9.17, 15) is 29.3 Å². The van der Waals surface area contributed by atoms with E-state index in [1.165, 1.54) is 18.2 Å². The topological polar surface area (TPSA) is 136 Å². The first kappa shape index (κ1) is 23.3. The Balaban J connectivity index is 1.53. The highest BCUT2D eigenvalue weighted by molar-refractivity contribution is 9.12. The molecule has 1 heterocycles. The third-order valence-electron chi connectivity index (χ3n) is 5.34. The second-order valence-corrected chi connectivity index (χ2v) is 9.80. The summed E-state index contributed by atoms with van der Waals surface area (Å²) in [6.45, 7) is 0.350. The van der Waals surface area contributed by atoms with Gasteiger partial charge in [-0.2, -0.15) is 0 Å². The number of ether oxygens (including phenoxy) is 1. The molecule has 4 atom stereocenters. The normalized spacial score (nSPS) is 25.2. The quantitative estimate of drug-likeness (QED) is 0.185. The lowest BCUT2D eigenvalue weighted by molar-refractivity contribution is -0.385. The number of amides is 3. The number of halogens is 2. The van der Waals surface area contributed by atoms with Crippen LogP contribution < -0.4 is 5.32 Å². The van der Waals surface area contributed by atoms with Crippen molar-refractivity contribution in [2.75, 3.05) is 18.5 Å². The number of fused-ring (bicyclic) bond motifs is 1. The highest BCUT2D eigenvalue weighted by atomic mass is 79.9. The molecule has 1 saturated heterocycles. The Bertz CT molecular complexity index is 926. The molecule has 1 saturated carbocycles. The zero-order valence-electron chi connectivity index (χ0n) is 16.4. The van der Waals surface area contributed by atoms with E-state index in [0.717, 1.165) is 4.90 Å². The number of hydrogen-bond acceptors (Lipinski definition) is 7. The number of imide groups is 1. The number of nitrogens with one attached hydrogen (secondary N) is 1. The van der Waals surface area contributed by atoms with Gasteiger partial charge in [-0.3, -0.25) is 34.2 Å². The van der Waals surface area contributed by atoms with Crippen molar-refractivity contribution in [1.82, 2.24) is 4.90 Å². The molecule has 0 unspecified atom stereocenters. The van der Waals surface area contributed by atoms with Crippen molar-refractivity contribution in [3.05, 3.63) is 33.9 Å². The average molecular weight is 561 g/mol. The summed E-state index contributed by atoms with van der Waals surface area (Å²) in [4.78, 5) is 60.7. The number of anilines is 1. The number of rotatable bonds is 6. The smallest absolute Gasteiger partial charge is 0.326 e. The van der Waals surface area contributed by atoms with E-state index in [0.29, 0.717) is 18.4 Å². The number of aryl methyl sites for hydroxylation is 1. The molecule has 1 aliphatic heterocycles. The van der Waals surface area contributed by atoms with Crippen molar-refractivity contribution in [2.45, 2.75) is 29.4 Å². The molecule has 0 spiro atoms. The van der Waals surface area contributed by atoms with E-state index in [-0.39, 0.29) is 21.0 Å². The third-order valence-corrected chi connectivity index (χ3v) is 8.08. The molecule has 0 aromatic heterocycles. The minimum Gasteiger partial charge on any atom is -0.454 e. The molecular formula is C19H19Br2N3O7. The van der Waals surface area contributed by atoms with Crippen molar-refractivity contribution in [2.24, 2.45) is 11.8 Å². The summed E-state index contributed by atoms with van der Waals surface area (Å²) in [6.07, 6.45) is 0.976. The minimum atomic E-state index is -0.892. The number of carbonyl (C=O) groups is 4. The van der Waals surface area contributed by atoms with Gasteiger partial charge in [0.15, 0.2) is 6.61 Å². The van der Waals surface area contributed by atoms with Gasteiger partial charge in [-0.1, -0.05) is 37.9 Å². The lowest BCUT2D eigenvalue weighted by atomic mass is 9.81. The van der Waals surface area contributed by atoms with Crippen LogP contribution in [0.25, 0.3) is 0 Å². The summed E-state index contributed by atoms with van der Waals surface area (Å²) in [5.74, 6) is -3.36. The highest BCUT2D eigenvalue weighted by Crippen LogP contribution is 2.43. The number of carbonyl (C=O) groups excluding carboxylic acids is 4. The number of benzene rings is 1. The Hall–Kier alpha value is -2.34. The van der Waals surface area contributed by atoms with Crippen molar-refractivity contribution in [3.63, 3.8) is 0 Å². The van der Waals surface area contributed by atoms with Crippen LogP contribution >= 0.6 is 31.9 Å². The Labute approximate surface area is 194 Å². The summed E-state index contributed by atoms with van der Waals surface area (Å²) < 4.78 is 4.88. The molecule has 0 bridgehead atoms. The molecule has 2 fully saturated rings. The van der Waals surface area contributed by atoms with E-state index >= 15 is 0 Å². The van der Waals surface area contributed by atoms with Crippen LogP contribution in [-0.4, -0.2) is 56.3 Å². The first-order valence-electron chi connectivity index (χ1n) is 9.42. The number of esters is 1. The molecular weight excluding hydrogens is 542 g/mol.